The molecule has 1 saturated carbocycles. The summed E-state index contributed by atoms with van der Waals surface area (Å²) in [6.45, 7) is 2.29. The number of fused-ring (bicyclic) bond motifs is 5. The smallest absolute Gasteiger partial charge is 0.00740 e. The van der Waals surface area contributed by atoms with Gasteiger partial charge in [-0.1, -0.05) is 23.8 Å². The van der Waals surface area contributed by atoms with Crippen molar-refractivity contribution in [2.24, 2.45) is 23.7 Å². The van der Waals surface area contributed by atoms with Crippen LogP contribution >= 0.6 is 0 Å². The molecule has 52 valence electrons. The third kappa shape index (κ3) is 0.387. The lowest BCUT2D eigenvalue weighted by Gasteiger charge is -2.35. The molecule has 0 aromatic carbocycles. The molecule has 3 rings (SSSR count). The molecule has 0 heteroatoms. The Bertz CT molecular complexity index is 234. The zero-order valence-corrected chi connectivity index (χ0v) is 6.25. The van der Waals surface area contributed by atoms with Crippen molar-refractivity contribution in [2.45, 2.75) is 13.3 Å². The van der Waals surface area contributed by atoms with Crippen LogP contribution in [0.25, 0.3) is 0 Å². The van der Waals surface area contributed by atoms with E-state index in [4.69, 9.17) is 0 Å². The molecule has 2 bridgehead atoms. The number of rotatable bonds is 0. The third-order valence-corrected chi connectivity index (χ3v) is 3.50. The third-order valence-electron chi connectivity index (χ3n) is 3.50. The molecule has 0 unspecified atom stereocenters. The van der Waals surface area contributed by atoms with Gasteiger partial charge in [-0.15, -0.1) is 0 Å². The van der Waals surface area contributed by atoms with E-state index in [1.807, 2.05) is 0 Å². The van der Waals surface area contributed by atoms with Crippen molar-refractivity contribution in [3.63, 3.8) is 0 Å². The van der Waals surface area contributed by atoms with Crippen LogP contribution in [-0.4, -0.2) is 0 Å². The lowest BCUT2D eigenvalue weighted by molar-refractivity contribution is 0.371. The molecule has 3 aliphatic rings. The Morgan fingerprint density at radius 2 is 2.10 bits per heavy atom. The average Bonchev–Trinajstić information content (AvgIpc) is 2.40. The SMILES string of the molecule is CC1=C[C@H]2[C@H]1[C@H]1C=C[C@H]2C1. The van der Waals surface area contributed by atoms with Gasteiger partial charge in [-0.3, -0.25) is 0 Å². The molecule has 3 aliphatic carbocycles. The first-order valence-electron chi connectivity index (χ1n) is 4.23. The maximum Gasteiger partial charge on any atom is -0.00740 e. The Morgan fingerprint density at radius 3 is 2.70 bits per heavy atom. The fraction of sp³-hybridized carbons (Fsp3) is 0.600. The minimum atomic E-state index is 0.929. The first kappa shape index (κ1) is 5.17. The Balaban J connectivity index is 2.05. The van der Waals surface area contributed by atoms with Gasteiger partial charge in [-0.2, -0.15) is 0 Å². The highest BCUT2D eigenvalue weighted by Gasteiger charge is 2.48. The van der Waals surface area contributed by atoms with Gasteiger partial charge in [0.05, 0.1) is 0 Å². The summed E-state index contributed by atoms with van der Waals surface area (Å²) in [4.78, 5) is 0. The van der Waals surface area contributed by atoms with Gasteiger partial charge in [0.1, 0.15) is 0 Å². The molecule has 0 nitrogen and oxygen atoms in total. The fourth-order valence-corrected chi connectivity index (χ4v) is 3.02. The molecule has 1 fully saturated rings. The first-order valence-corrected chi connectivity index (χ1v) is 4.23. The topological polar surface area (TPSA) is 0 Å². The number of hydrogen-bond donors (Lipinski definition) is 0. The quantitative estimate of drug-likeness (QED) is 0.444. The van der Waals surface area contributed by atoms with Crippen LogP contribution in [0.5, 0.6) is 0 Å². The van der Waals surface area contributed by atoms with Crippen molar-refractivity contribution in [2.75, 3.05) is 0 Å². The van der Waals surface area contributed by atoms with Crippen LogP contribution in [0, 0.1) is 23.7 Å². The molecular formula is C10H12. The lowest BCUT2D eigenvalue weighted by Crippen LogP contribution is -2.26. The molecule has 0 aromatic heterocycles. The largest absolute Gasteiger partial charge is 0.0845 e. The van der Waals surface area contributed by atoms with E-state index < -0.39 is 0 Å². The van der Waals surface area contributed by atoms with Crippen LogP contribution in [0.2, 0.25) is 0 Å². The van der Waals surface area contributed by atoms with Gasteiger partial charge in [0.2, 0.25) is 0 Å². The van der Waals surface area contributed by atoms with E-state index in [1.165, 1.54) is 6.42 Å². The minimum absolute atomic E-state index is 0.929. The summed E-state index contributed by atoms with van der Waals surface area (Å²) in [5, 5.41) is 0. The molecule has 0 aliphatic heterocycles. The number of hydrogen-bond acceptors (Lipinski definition) is 0. The summed E-state index contributed by atoms with van der Waals surface area (Å²) in [5.74, 6) is 3.78. The maximum atomic E-state index is 2.47. The van der Waals surface area contributed by atoms with Gasteiger partial charge >= 0.3 is 0 Å². The van der Waals surface area contributed by atoms with Crippen LogP contribution < -0.4 is 0 Å². The normalized spacial score (nSPS) is 54.3. The first-order chi connectivity index (χ1) is 4.86. The van der Waals surface area contributed by atoms with Crippen molar-refractivity contribution >= 4 is 0 Å². The second-order valence-electron chi connectivity index (χ2n) is 3.96. The molecule has 10 heavy (non-hydrogen) atoms. The Labute approximate surface area is 61.6 Å². The summed E-state index contributed by atoms with van der Waals surface area (Å²) in [6.07, 6.45) is 8.78. The number of allylic oxidation sites excluding steroid dienone is 4. The van der Waals surface area contributed by atoms with Crippen molar-refractivity contribution < 1.29 is 0 Å². The van der Waals surface area contributed by atoms with Crippen molar-refractivity contribution in [1.82, 2.24) is 0 Å². The molecule has 0 radical (unpaired) electrons. The maximum absolute atomic E-state index is 2.47. The van der Waals surface area contributed by atoms with E-state index in [0.29, 0.717) is 0 Å². The van der Waals surface area contributed by atoms with Gasteiger partial charge in [0.15, 0.2) is 0 Å². The van der Waals surface area contributed by atoms with Crippen molar-refractivity contribution in [3.05, 3.63) is 23.8 Å². The van der Waals surface area contributed by atoms with Crippen LogP contribution in [0.3, 0.4) is 0 Å². The van der Waals surface area contributed by atoms with Crippen LogP contribution in [-0.2, 0) is 0 Å². The molecule has 0 spiro atoms. The Morgan fingerprint density at radius 1 is 1.30 bits per heavy atom. The molecule has 4 atom stereocenters. The molecule has 0 amide bonds. The second kappa shape index (κ2) is 1.39. The molecular weight excluding hydrogens is 120 g/mol. The van der Waals surface area contributed by atoms with Gasteiger partial charge in [0, 0.05) is 0 Å². The van der Waals surface area contributed by atoms with E-state index in [-0.39, 0.29) is 0 Å². The van der Waals surface area contributed by atoms with Gasteiger partial charge in [0.25, 0.3) is 0 Å². The minimum Gasteiger partial charge on any atom is -0.0845 e. The van der Waals surface area contributed by atoms with E-state index >= 15 is 0 Å². The fourth-order valence-electron chi connectivity index (χ4n) is 3.02. The molecule has 0 saturated heterocycles. The summed E-state index contributed by atoms with van der Waals surface area (Å²) in [5.41, 5.74) is 1.65. The molecule has 0 heterocycles. The van der Waals surface area contributed by atoms with Gasteiger partial charge < -0.3 is 0 Å². The van der Waals surface area contributed by atoms with Crippen LogP contribution in [0.15, 0.2) is 23.8 Å². The van der Waals surface area contributed by atoms with Crippen LogP contribution in [0.1, 0.15) is 13.3 Å². The van der Waals surface area contributed by atoms with Gasteiger partial charge in [-0.05, 0) is 37.0 Å². The zero-order chi connectivity index (χ0) is 6.72. The van der Waals surface area contributed by atoms with Crippen molar-refractivity contribution in [3.8, 4) is 0 Å². The van der Waals surface area contributed by atoms with E-state index in [9.17, 15) is 0 Å². The summed E-state index contributed by atoms with van der Waals surface area (Å²) in [6, 6.07) is 0. The monoisotopic (exact) mass is 132 g/mol. The standard InChI is InChI=1S/C10H12/c1-6-4-9-7-2-3-8(5-7)10(6)9/h2-4,7-10H,5H2,1H3/t7-,8-,9+,10+/m0/s1. The highest BCUT2D eigenvalue weighted by Crippen LogP contribution is 2.56. The summed E-state index contributed by atoms with van der Waals surface area (Å²) >= 11 is 0. The van der Waals surface area contributed by atoms with Gasteiger partial charge in [-0.25, -0.2) is 0 Å². The molecule has 0 N–H and O–H groups in total. The lowest BCUT2D eigenvalue weighted by atomic mass is 9.70. The predicted molar refractivity (Wildman–Crippen MR) is 41.5 cm³/mol. The highest BCUT2D eigenvalue weighted by molar-refractivity contribution is 5.33. The van der Waals surface area contributed by atoms with E-state index in [1.54, 1.807) is 5.57 Å². The second-order valence-corrected chi connectivity index (χ2v) is 3.96. The van der Waals surface area contributed by atoms with Crippen molar-refractivity contribution in [1.29, 1.82) is 0 Å². The Kier molecular flexibility index (Phi) is 0.719. The summed E-state index contributed by atoms with van der Waals surface area (Å²) in [7, 11) is 0. The Hall–Kier alpha value is -0.520. The summed E-state index contributed by atoms with van der Waals surface area (Å²) < 4.78 is 0. The zero-order valence-electron chi connectivity index (χ0n) is 6.25. The predicted octanol–water partition coefficient (Wildman–Crippen LogP) is 2.38. The van der Waals surface area contributed by atoms with E-state index in [0.717, 1.165) is 23.7 Å². The van der Waals surface area contributed by atoms with E-state index in [2.05, 4.69) is 25.2 Å². The average molecular weight is 132 g/mol. The highest BCUT2D eigenvalue weighted by atomic mass is 14.5. The molecule has 0 aromatic rings. The van der Waals surface area contributed by atoms with Crippen LogP contribution in [0.4, 0.5) is 0 Å².